The Morgan fingerprint density at radius 3 is 2.02 bits per heavy atom. The van der Waals surface area contributed by atoms with Crippen molar-refractivity contribution in [3.8, 4) is 50.3 Å². The highest BCUT2D eigenvalue weighted by molar-refractivity contribution is 6.30. The summed E-state index contributed by atoms with van der Waals surface area (Å²) < 4.78 is 2.37. The number of nitrogens with one attached hydrogen (secondary N) is 2. The fourth-order valence-corrected chi connectivity index (χ4v) is 9.81. The number of amidine groups is 1. The van der Waals surface area contributed by atoms with Gasteiger partial charge in [0.1, 0.15) is 5.69 Å². The highest BCUT2D eigenvalue weighted by Gasteiger charge is 2.37. The number of rotatable bonds is 3. The number of fused-ring (bicyclic) bond motifs is 7. The van der Waals surface area contributed by atoms with Crippen LogP contribution < -0.4 is 5.49 Å². The van der Waals surface area contributed by atoms with Crippen LogP contribution in [0.15, 0.2) is 169 Å². The average Bonchev–Trinajstić information content (AvgIpc) is 3.67. The molecule has 0 saturated carbocycles. The van der Waals surface area contributed by atoms with Crippen molar-refractivity contribution in [3.63, 3.8) is 0 Å². The zero-order chi connectivity index (χ0) is 38.0. The first kappa shape index (κ1) is 31.9. The van der Waals surface area contributed by atoms with Gasteiger partial charge in [-0.25, -0.2) is 9.98 Å². The fraction of sp³-hybridized carbons (Fsp3) is 0.0577. The lowest BCUT2D eigenvalue weighted by Crippen LogP contribution is -2.18. The molecule has 5 nitrogen and oxygen atoms in total. The van der Waals surface area contributed by atoms with Crippen LogP contribution in [-0.2, 0) is 5.41 Å². The first-order valence-electron chi connectivity index (χ1n) is 19.5. The Hall–Kier alpha value is -7.37. The second kappa shape index (κ2) is 11.6. The maximum Gasteiger partial charge on any atom is 0.159 e. The van der Waals surface area contributed by atoms with Gasteiger partial charge in [-0.3, -0.25) is 5.41 Å². The number of aromatic amines is 1. The van der Waals surface area contributed by atoms with Gasteiger partial charge < -0.3 is 9.55 Å². The Morgan fingerprint density at radius 1 is 0.561 bits per heavy atom. The molecule has 2 aromatic heterocycles. The van der Waals surface area contributed by atoms with Crippen LogP contribution >= 0.6 is 0 Å². The molecule has 5 heteroatoms. The molecule has 10 aromatic rings. The van der Waals surface area contributed by atoms with Gasteiger partial charge in [-0.15, -0.1) is 0 Å². The van der Waals surface area contributed by atoms with Crippen LogP contribution in [0, 0.1) is 5.41 Å². The molecule has 268 valence electrons. The number of aromatic nitrogens is 3. The molecule has 0 saturated heterocycles. The third-order valence-electron chi connectivity index (χ3n) is 12.4. The lowest BCUT2D eigenvalue weighted by Gasteiger charge is -2.21. The first-order valence-corrected chi connectivity index (χ1v) is 19.5. The van der Waals surface area contributed by atoms with Crippen LogP contribution in [0.25, 0.3) is 93.9 Å². The lowest BCUT2D eigenvalue weighted by molar-refractivity contribution is 0.660. The molecule has 0 radical (unpaired) electrons. The van der Waals surface area contributed by atoms with Crippen molar-refractivity contribution in [3.05, 3.63) is 186 Å². The molecule has 2 aliphatic rings. The van der Waals surface area contributed by atoms with Crippen molar-refractivity contribution < 1.29 is 0 Å². The van der Waals surface area contributed by atoms with E-state index in [1.807, 2.05) is 36.4 Å². The second-order valence-corrected chi connectivity index (χ2v) is 15.8. The normalized spacial score (nSPS) is 13.8. The molecule has 0 unspecified atom stereocenters. The average molecular weight is 730 g/mol. The van der Waals surface area contributed by atoms with Crippen molar-refractivity contribution >= 4 is 49.4 Å². The molecular formula is C52H35N5. The van der Waals surface area contributed by atoms with Crippen molar-refractivity contribution in [1.29, 1.82) is 5.41 Å². The zero-order valence-corrected chi connectivity index (χ0v) is 31.4. The minimum atomic E-state index is -0.150. The predicted molar refractivity (Wildman–Crippen MR) is 234 cm³/mol. The van der Waals surface area contributed by atoms with E-state index >= 15 is 0 Å². The molecule has 0 bridgehead atoms. The molecule has 0 aliphatic heterocycles. The third kappa shape index (κ3) is 4.42. The van der Waals surface area contributed by atoms with Crippen molar-refractivity contribution in [2.24, 2.45) is 4.99 Å². The van der Waals surface area contributed by atoms with Crippen LogP contribution in [0.3, 0.4) is 0 Å². The second-order valence-electron chi connectivity index (χ2n) is 15.8. The Kier molecular flexibility index (Phi) is 6.48. The van der Waals surface area contributed by atoms with Crippen molar-refractivity contribution in [1.82, 2.24) is 14.5 Å². The van der Waals surface area contributed by atoms with E-state index in [9.17, 15) is 5.41 Å². The van der Waals surface area contributed by atoms with E-state index in [4.69, 9.17) is 9.98 Å². The standard InChI is InChI=1S/C52H35N5/c1-52(2)39-19-6-5-15-37(39)46-38(18-10-20-40(46)52)49-51(55-42-22-8-7-21-41(42)54-49)56-50(53)31-24-27-32(28-25-31)57-43-23-11-17-36-34-14-4-3-13-33(34)35-16-9-12-30-26-29-44(57)48(45(30)35)47(36)43/h3-29H,1-2H3,(H2,53,55,56). The smallest absolute Gasteiger partial charge is 0.159 e. The van der Waals surface area contributed by atoms with Crippen LogP contribution in [0.5, 0.6) is 0 Å². The third-order valence-corrected chi connectivity index (χ3v) is 12.4. The summed E-state index contributed by atoms with van der Waals surface area (Å²) >= 11 is 0. The summed E-state index contributed by atoms with van der Waals surface area (Å²) in [5, 5.41) is 14.5. The number of H-pyrrole nitrogens is 1. The van der Waals surface area contributed by atoms with E-state index < -0.39 is 0 Å². The van der Waals surface area contributed by atoms with E-state index in [0.29, 0.717) is 5.49 Å². The largest absolute Gasteiger partial charge is 0.337 e. The Morgan fingerprint density at radius 2 is 1.19 bits per heavy atom. The highest BCUT2D eigenvalue weighted by Crippen LogP contribution is 2.52. The molecule has 0 fully saturated rings. The van der Waals surface area contributed by atoms with Crippen LogP contribution in [-0.4, -0.2) is 20.4 Å². The minimum Gasteiger partial charge on any atom is -0.337 e. The summed E-state index contributed by atoms with van der Waals surface area (Å²) in [5.41, 5.74) is 18.0. The van der Waals surface area contributed by atoms with Gasteiger partial charge in [0.2, 0.25) is 0 Å². The zero-order valence-electron chi connectivity index (χ0n) is 31.4. The van der Waals surface area contributed by atoms with E-state index in [2.05, 4.69) is 151 Å². The van der Waals surface area contributed by atoms with Gasteiger partial charge in [0.25, 0.3) is 0 Å². The van der Waals surface area contributed by atoms with Gasteiger partial charge in [0.15, 0.2) is 11.3 Å². The van der Waals surface area contributed by atoms with Crippen LogP contribution in [0.2, 0.25) is 0 Å². The molecule has 0 spiro atoms. The number of hydrogen-bond acceptors (Lipinski definition) is 2. The van der Waals surface area contributed by atoms with Gasteiger partial charge in [-0.1, -0.05) is 129 Å². The van der Waals surface area contributed by atoms with Gasteiger partial charge in [-0.2, -0.15) is 0 Å². The van der Waals surface area contributed by atoms with Crippen molar-refractivity contribution in [2.45, 2.75) is 19.3 Å². The van der Waals surface area contributed by atoms with Crippen molar-refractivity contribution in [2.75, 3.05) is 0 Å². The fourth-order valence-electron chi connectivity index (χ4n) is 9.81. The molecular weight excluding hydrogens is 695 g/mol. The molecule has 12 rings (SSSR count). The highest BCUT2D eigenvalue weighted by atomic mass is 15.0. The van der Waals surface area contributed by atoms with Gasteiger partial charge >= 0.3 is 0 Å². The number of para-hydroxylation sites is 2. The number of hydrogen-bond donors (Lipinski definition) is 2. The van der Waals surface area contributed by atoms with E-state index in [-0.39, 0.29) is 11.3 Å². The summed E-state index contributed by atoms with van der Waals surface area (Å²) in [6.07, 6.45) is 0. The molecule has 0 amide bonds. The van der Waals surface area contributed by atoms with Gasteiger partial charge in [-0.05, 0) is 104 Å². The summed E-state index contributed by atoms with van der Waals surface area (Å²) in [7, 11) is 0. The van der Waals surface area contributed by atoms with Gasteiger partial charge in [0, 0.05) is 33.0 Å². The first-order chi connectivity index (χ1) is 28.0. The number of benzene rings is 8. The molecule has 8 aromatic carbocycles. The predicted octanol–water partition coefficient (Wildman–Crippen LogP) is 12.4. The van der Waals surface area contributed by atoms with Crippen LogP contribution in [0.4, 0.5) is 0 Å². The molecule has 57 heavy (non-hydrogen) atoms. The minimum absolute atomic E-state index is 0.150. The quantitative estimate of drug-likeness (QED) is 0.138. The Bertz CT molecular complexity index is 3450. The number of nitrogens with zero attached hydrogens (tertiary/aromatic N) is 3. The summed E-state index contributed by atoms with van der Waals surface area (Å²) in [6.45, 7) is 4.58. The monoisotopic (exact) mass is 729 g/mol. The Labute approximate surface area is 328 Å². The summed E-state index contributed by atoms with van der Waals surface area (Å²) in [6, 6.07) is 58.1. The maximum absolute atomic E-state index is 9.37. The van der Waals surface area contributed by atoms with E-state index in [0.717, 1.165) is 39.1 Å². The van der Waals surface area contributed by atoms with E-state index in [1.165, 1.54) is 71.6 Å². The molecule has 2 heterocycles. The molecule has 0 atom stereocenters. The van der Waals surface area contributed by atoms with Crippen LogP contribution in [0.1, 0.15) is 30.5 Å². The SMILES string of the molecule is CC1(C)c2ccccc2-c2c(-c3nc4ccccc4[nH]c3=NC(=N)c3ccc(-n4c5cccc6c5c5c7c(cccc7ccc54)-c4ccccc4-6)cc3)cccc21. The van der Waals surface area contributed by atoms with E-state index in [1.54, 1.807) is 0 Å². The Balaban J connectivity index is 1.02. The summed E-state index contributed by atoms with van der Waals surface area (Å²) in [5.74, 6) is 0.163. The lowest BCUT2D eigenvalue weighted by atomic mass is 9.82. The maximum atomic E-state index is 9.37. The van der Waals surface area contributed by atoms with Gasteiger partial charge in [0.05, 0.1) is 22.1 Å². The molecule has 2 aliphatic carbocycles. The summed E-state index contributed by atoms with van der Waals surface area (Å²) in [4.78, 5) is 13.8. The molecule has 2 N–H and O–H groups in total. The topological polar surface area (TPSA) is 69.8 Å².